The average molecular weight is 157 g/mol. The van der Waals surface area contributed by atoms with E-state index in [0.717, 1.165) is 0 Å². The SMILES string of the molecule is CN(C)C(=O)C1CCC(O)=[NH+]1. The lowest BCUT2D eigenvalue weighted by molar-refractivity contribution is -0.486. The molecule has 0 fully saturated rings. The van der Waals surface area contributed by atoms with Gasteiger partial charge in [-0.15, -0.1) is 0 Å². The fourth-order valence-electron chi connectivity index (χ4n) is 1.12. The van der Waals surface area contributed by atoms with Crippen LogP contribution in [0.25, 0.3) is 0 Å². The molecule has 0 bridgehead atoms. The van der Waals surface area contributed by atoms with Crippen molar-refractivity contribution < 1.29 is 14.9 Å². The van der Waals surface area contributed by atoms with E-state index in [2.05, 4.69) is 4.99 Å². The summed E-state index contributed by atoms with van der Waals surface area (Å²) in [7, 11) is 3.42. The van der Waals surface area contributed by atoms with Crippen LogP contribution in [0.1, 0.15) is 12.8 Å². The molecule has 2 N–H and O–H groups in total. The first-order valence-corrected chi connectivity index (χ1v) is 3.63. The molecule has 1 unspecified atom stereocenters. The molecular formula is C7H13N2O2+. The summed E-state index contributed by atoms with van der Waals surface area (Å²) in [6, 6.07) is -0.218. The highest BCUT2D eigenvalue weighted by molar-refractivity contribution is 5.82. The molecule has 1 aliphatic heterocycles. The van der Waals surface area contributed by atoms with Gasteiger partial charge in [0.2, 0.25) is 6.04 Å². The molecule has 1 atom stereocenters. The van der Waals surface area contributed by atoms with E-state index < -0.39 is 0 Å². The predicted molar refractivity (Wildman–Crippen MR) is 40.3 cm³/mol. The van der Waals surface area contributed by atoms with E-state index in [1.807, 2.05) is 0 Å². The number of carbonyl (C=O) groups is 1. The van der Waals surface area contributed by atoms with Crippen molar-refractivity contribution in [1.82, 2.24) is 4.90 Å². The quantitative estimate of drug-likeness (QED) is 0.475. The molecular weight excluding hydrogens is 144 g/mol. The van der Waals surface area contributed by atoms with Gasteiger partial charge >= 0.3 is 5.90 Å². The first-order chi connectivity index (χ1) is 5.11. The fourth-order valence-corrected chi connectivity index (χ4v) is 1.12. The van der Waals surface area contributed by atoms with Gasteiger partial charge in [-0.1, -0.05) is 0 Å². The van der Waals surface area contributed by atoms with Crippen LogP contribution in [-0.4, -0.2) is 41.9 Å². The van der Waals surface area contributed by atoms with Gasteiger partial charge in [-0.3, -0.25) is 4.79 Å². The van der Waals surface area contributed by atoms with Crippen molar-refractivity contribution in [2.45, 2.75) is 18.9 Å². The van der Waals surface area contributed by atoms with E-state index >= 15 is 0 Å². The molecule has 0 aromatic heterocycles. The topological polar surface area (TPSA) is 54.5 Å². The standard InChI is InChI=1S/C7H12N2O2/c1-9(2)7(11)5-3-4-6(10)8-5/h5H,3-4H2,1-2H3,(H,8,10)/p+1. The lowest BCUT2D eigenvalue weighted by Gasteiger charge is -2.09. The zero-order chi connectivity index (χ0) is 8.43. The van der Waals surface area contributed by atoms with Crippen LogP contribution in [0.4, 0.5) is 0 Å². The minimum Gasteiger partial charge on any atom is -0.464 e. The van der Waals surface area contributed by atoms with Gasteiger partial charge in [0.15, 0.2) is 0 Å². The lowest BCUT2D eigenvalue weighted by atomic mass is 10.2. The van der Waals surface area contributed by atoms with Crippen LogP contribution in [0.2, 0.25) is 0 Å². The Morgan fingerprint density at radius 1 is 1.73 bits per heavy atom. The molecule has 0 spiro atoms. The van der Waals surface area contributed by atoms with Gasteiger partial charge in [0.05, 0.1) is 6.42 Å². The van der Waals surface area contributed by atoms with Gasteiger partial charge in [0.25, 0.3) is 5.91 Å². The van der Waals surface area contributed by atoms with E-state index in [1.54, 1.807) is 14.1 Å². The van der Waals surface area contributed by atoms with E-state index in [-0.39, 0.29) is 17.8 Å². The number of likely N-dealkylation sites (N-methyl/N-ethyl adjacent to an activating group) is 1. The number of aliphatic hydroxyl groups is 1. The van der Waals surface area contributed by atoms with E-state index in [1.165, 1.54) is 4.90 Å². The third kappa shape index (κ3) is 1.69. The Morgan fingerprint density at radius 2 is 2.36 bits per heavy atom. The Labute approximate surface area is 65.5 Å². The molecule has 4 nitrogen and oxygen atoms in total. The number of hydrogen-bond acceptors (Lipinski definition) is 1. The minimum absolute atomic E-state index is 0.0223. The average Bonchev–Trinajstić information content (AvgIpc) is 2.34. The van der Waals surface area contributed by atoms with Crippen molar-refractivity contribution in [2.24, 2.45) is 0 Å². The Balaban J connectivity index is 2.57. The van der Waals surface area contributed by atoms with Gasteiger partial charge < -0.3 is 10.0 Å². The molecule has 1 rings (SSSR count). The normalized spacial score (nSPS) is 23.1. The zero-order valence-corrected chi connectivity index (χ0v) is 6.79. The third-order valence-corrected chi connectivity index (χ3v) is 1.75. The summed E-state index contributed by atoms with van der Waals surface area (Å²) in [4.78, 5) is 15.5. The molecule has 0 aromatic carbocycles. The number of carbonyl (C=O) groups excluding carboxylic acids is 1. The number of aliphatic hydroxyl groups excluding tert-OH is 1. The van der Waals surface area contributed by atoms with Gasteiger partial charge in [-0.2, -0.15) is 0 Å². The summed E-state index contributed by atoms with van der Waals surface area (Å²) in [6.45, 7) is 0. The molecule has 11 heavy (non-hydrogen) atoms. The molecule has 1 heterocycles. The van der Waals surface area contributed by atoms with Gasteiger partial charge in [-0.05, 0) is 0 Å². The summed E-state index contributed by atoms with van der Waals surface area (Å²) in [6.07, 6.45) is 1.28. The number of amides is 1. The number of nitrogens with one attached hydrogen (secondary N) is 1. The van der Waals surface area contributed by atoms with Crippen molar-refractivity contribution in [3.63, 3.8) is 0 Å². The highest BCUT2D eigenvalue weighted by Gasteiger charge is 2.31. The van der Waals surface area contributed by atoms with Crippen LogP contribution in [0.15, 0.2) is 0 Å². The molecule has 1 aliphatic rings. The summed E-state index contributed by atoms with van der Waals surface area (Å²) < 4.78 is 0. The third-order valence-electron chi connectivity index (χ3n) is 1.75. The molecule has 1 amide bonds. The van der Waals surface area contributed by atoms with Crippen LogP contribution in [0.5, 0.6) is 0 Å². The first kappa shape index (κ1) is 8.04. The molecule has 0 saturated carbocycles. The summed E-state index contributed by atoms with van der Waals surface area (Å²) in [5.41, 5.74) is 0. The lowest BCUT2D eigenvalue weighted by Crippen LogP contribution is -2.79. The Kier molecular flexibility index (Phi) is 2.12. The van der Waals surface area contributed by atoms with Crippen molar-refractivity contribution >= 4 is 11.8 Å². The molecule has 0 aliphatic carbocycles. The predicted octanol–water partition coefficient (Wildman–Crippen LogP) is -1.73. The maximum absolute atomic E-state index is 11.2. The highest BCUT2D eigenvalue weighted by atomic mass is 16.3. The van der Waals surface area contributed by atoms with Crippen LogP contribution >= 0.6 is 0 Å². The molecule has 62 valence electrons. The monoisotopic (exact) mass is 157 g/mol. The number of hydrogen-bond donors (Lipinski definition) is 2. The molecule has 0 radical (unpaired) electrons. The van der Waals surface area contributed by atoms with Gasteiger partial charge in [0.1, 0.15) is 0 Å². The Bertz CT molecular complexity index is 199. The summed E-state index contributed by atoms with van der Waals surface area (Å²) >= 11 is 0. The van der Waals surface area contributed by atoms with Gasteiger partial charge in [-0.25, -0.2) is 4.99 Å². The maximum Gasteiger partial charge on any atom is 0.333 e. The first-order valence-electron chi connectivity index (χ1n) is 3.63. The zero-order valence-electron chi connectivity index (χ0n) is 6.79. The van der Waals surface area contributed by atoms with Crippen molar-refractivity contribution in [3.05, 3.63) is 0 Å². The van der Waals surface area contributed by atoms with Crippen LogP contribution in [0, 0.1) is 0 Å². The minimum atomic E-state index is -0.218. The molecule has 0 aromatic rings. The second-order valence-electron chi connectivity index (χ2n) is 2.91. The van der Waals surface area contributed by atoms with Crippen molar-refractivity contribution in [2.75, 3.05) is 14.1 Å². The number of nitrogens with zero attached hydrogens (tertiary/aromatic N) is 1. The van der Waals surface area contributed by atoms with E-state index in [0.29, 0.717) is 12.8 Å². The van der Waals surface area contributed by atoms with Crippen LogP contribution in [0.3, 0.4) is 0 Å². The van der Waals surface area contributed by atoms with Crippen LogP contribution < -0.4 is 4.99 Å². The second kappa shape index (κ2) is 2.90. The fraction of sp³-hybridized carbons (Fsp3) is 0.714. The highest BCUT2D eigenvalue weighted by Crippen LogP contribution is 1.99. The van der Waals surface area contributed by atoms with E-state index in [9.17, 15) is 4.79 Å². The maximum atomic E-state index is 11.2. The Hall–Kier alpha value is -1.06. The largest absolute Gasteiger partial charge is 0.464 e. The smallest absolute Gasteiger partial charge is 0.333 e. The van der Waals surface area contributed by atoms with Crippen molar-refractivity contribution in [1.29, 1.82) is 0 Å². The van der Waals surface area contributed by atoms with Crippen molar-refractivity contribution in [3.8, 4) is 0 Å². The summed E-state index contributed by atoms with van der Waals surface area (Å²) in [5.74, 6) is 0.249. The molecule has 0 saturated heterocycles. The number of rotatable bonds is 1. The molecule has 4 heteroatoms. The second-order valence-corrected chi connectivity index (χ2v) is 2.91. The summed E-state index contributed by atoms with van der Waals surface area (Å²) in [5, 5.41) is 8.97. The van der Waals surface area contributed by atoms with Gasteiger partial charge in [0, 0.05) is 20.5 Å². The van der Waals surface area contributed by atoms with Crippen LogP contribution in [-0.2, 0) is 4.79 Å². The Morgan fingerprint density at radius 3 is 2.73 bits per heavy atom. The van der Waals surface area contributed by atoms with E-state index in [4.69, 9.17) is 5.11 Å².